The molecule has 0 spiro atoms. The van der Waals surface area contributed by atoms with Crippen molar-refractivity contribution in [3.05, 3.63) is 34.9 Å². The van der Waals surface area contributed by atoms with E-state index in [-0.39, 0.29) is 0 Å². The molecule has 8 heteroatoms. The number of carbonyl (C=O) groups excluding carboxylic acids is 2. The van der Waals surface area contributed by atoms with Crippen LogP contribution in [0.15, 0.2) is 24.3 Å². The predicted molar refractivity (Wildman–Crippen MR) is 93.3 cm³/mol. The third-order valence-electron chi connectivity index (χ3n) is 2.96. The van der Waals surface area contributed by atoms with Gasteiger partial charge in [0, 0.05) is 16.6 Å². The summed E-state index contributed by atoms with van der Waals surface area (Å²) in [5, 5.41) is 10.7. The normalized spacial score (nSPS) is 13.5. The van der Waals surface area contributed by atoms with Gasteiger partial charge in [0.2, 0.25) is 0 Å². The Balaban J connectivity index is 2.41. The molecular formula is C15H22ClN3O3S. The summed E-state index contributed by atoms with van der Waals surface area (Å²) in [6.45, 7) is 4.12. The molecule has 0 aliphatic carbocycles. The second-order valence-corrected chi connectivity index (χ2v) is 7.39. The number of carbonyl (C=O) groups is 2. The van der Waals surface area contributed by atoms with Crippen molar-refractivity contribution >= 4 is 35.2 Å². The Bertz CT molecular complexity index is 542. The molecule has 1 aromatic carbocycles. The molecule has 5 N–H and O–H groups in total. The van der Waals surface area contributed by atoms with Crippen LogP contribution >= 0.6 is 23.4 Å². The zero-order valence-corrected chi connectivity index (χ0v) is 14.7. The highest BCUT2D eigenvalue weighted by Crippen LogP contribution is 2.12. The van der Waals surface area contributed by atoms with Crippen LogP contribution in [0.3, 0.4) is 0 Å². The third-order valence-corrected chi connectivity index (χ3v) is 4.34. The second-order valence-electron chi connectivity index (χ2n) is 5.27. The van der Waals surface area contributed by atoms with Crippen molar-refractivity contribution in [1.82, 2.24) is 10.9 Å². The molecule has 2 amide bonds. The molecule has 0 fully saturated rings. The van der Waals surface area contributed by atoms with Gasteiger partial charge < -0.3 is 10.8 Å². The number of aliphatic hydroxyl groups excluding tert-OH is 1. The van der Waals surface area contributed by atoms with E-state index >= 15 is 0 Å². The number of benzene rings is 1. The van der Waals surface area contributed by atoms with Crippen LogP contribution in [0.25, 0.3) is 0 Å². The molecule has 2 unspecified atom stereocenters. The molecule has 0 heterocycles. The van der Waals surface area contributed by atoms with Gasteiger partial charge in [-0.15, -0.1) is 0 Å². The van der Waals surface area contributed by atoms with Crippen molar-refractivity contribution in [3.8, 4) is 0 Å². The van der Waals surface area contributed by atoms with E-state index in [1.54, 1.807) is 30.0 Å². The number of rotatable bonds is 7. The van der Waals surface area contributed by atoms with Crippen LogP contribution in [0.4, 0.5) is 0 Å². The molecule has 1 aromatic rings. The van der Waals surface area contributed by atoms with Gasteiger partial charge in [-0.2, -0.15) is 11.8 Å². The van der Waals surface area contributed by atoms with Gasteiger partial charge in [0.05, 0.1) is 0 Å². The Hall–Kier alpha value is -1.28. The predicted octanol–water partition coefficient (Wildman–Crippen LogP) is 1.32. The number of thioether (sulfide) groups is 1. The van der Waals surface area contributed by atoms with Crippen molar-refractivity contribution < 1.29 is 14.7 Å². The summed E-state index contributed by atoms with van der Waals surface area (Å²) in [4.78, 5) is 23.6. The maximum absolute atomic E-state index is 11.8. The van der Waals surface area contributed by atoms with Gasteiger partial charge in [-0.05, 0) is 35.6 Å². The minimum atomic E-state index is -1.39. The number of amides is 2. The molecule has 0 aliphatic rings. The van der Waals surface area contributed by atoms with E-state index in [2.05, 4.69) is 24.7 Å². The fourth-order valence-corrected chi connectivity index (χ4v) is 2.76. The average molecular weight is 360 g/mol. The zero-order valence-electron chi connectivity index (χ0n) is 13.1. The fourth-order valence-electron chi connectivity index (χ4n) is 1.69. The Morgan fingerprint density at radius 1 is 1.35 bits per heavy atom. The Morgan fingerprint density at radius 2 is 2.04 bits per heavy atom. The smallest absolute Gasteiger partial charge is 0.269 e. The molecule has 1 rings (SSSR count). The molecule has 2 atom stereocenters. The third kappa shape index (κ3) is 7.22. The van der Waals surface area contributed by atoms with E-state index in [0.29, 0.717) is 22.3 Å². The van der Waals surface area contributed by atoms with Gasteiger partial charge in [-0.3, -0.25) is 20.4 Å². The number of hydrogen-bond acceptors (Lipinski definition) is 5. The number of nitrogens with two attached hydrogens (primary N) is 1. The number of aliphatic hydroxyl groups is 1. The van der Waals surface area contributed by atoms with E-state index in [1.165, 1.54) is 6.07 Å². The zero-order chi connectivity index (χ0) is 17.4. The SMILES string of the molecule is CC(C)SCCC(N)C(O)C(=O)NNC(=O)c1cccc(Cl)c1. The topological polar surface area (TPSA) is 104 Å². The van der Waals surface area contributed by atoms with Crippen LogP contribution in [0, 0.1) is 0 Å². The van der Waals surface area contributed by atoms with E-state index in [1.807, 2.05) is 0 Å². The van der Waals surface area contributed by atoms with Gasteiger partial charge in [0.25, 0.3) is 11.8 Å². The Kier molecular flexibility index (Phi) is 8.40. The van der Waals surface area contributed by atoms with Crippen molar-refractivity contribution in [1.29, 1.82) is 0 Å². The summed E-state index contributed by atoms with van der Waals surface area (Å²) < 4.78 is 0. The monoisotopic (exact) mass is 359 g/mol. The highest BCUT2D eigenvalue weighted by Gasteiger charge is 2.23. The summed E-state index contributed by atoms with van der Waals surface area (Å²) in [7, 11) is 0. The molecule has 128 valence electrons. The highest BCUT2D eigenvalue weighted by atomic mass is 35.5. The number of nitrogens with one attached hydrogen (secondary N) is 2. The molecule has 6 nitrogen and oxygen atoms in total. The maximum Gasteiger partial charge on any atom is 0.269 e. The van der Waals surface area contributed by atoms with Crippen molar-refractivity contribution in [3.63, 3.8) is 0 Å². The maximum atomic E-state index is 11.8. The van der Waals surface area contributed by atoms with Gasteiger partial charge in [0.1, 0.15) is 6.10 Å². The number of hydrazine groups is 1. The van der Waals surface area contributed by atoms with Crippen LogP contribution in [-0.4, -0.2) is 40.1 Å². The van der Waals surface area contributed by atoms with Crippen LogP contribution in [0.1, 0.15) is 30.6 Å². The van der Waals surface area contributed by atoms with Crippen LogP contribution < -0.4 is 16.6 Å². The lowest BCUT2D eigenvalue weighted by Crippen LogP contribution is -2.52. The largest absolute Gasteiger partial charge is 0.382 e. The summed E-state index contributed by atoms with van der Waals surface area (Å²) in [5.74, 6) is -0.530. The molecule has 0 saturated carbocycles. The van der Waals surface area contributed by atoms with Crippen LogP contribution in [-0.2, 0) is 4.79 Å². The minimum absolute atomic E-state index is 0.296. The summed E-state index contributed by atoms with van der Waals surface area (Å²) >= 11 is 7.49. The summed E-state index contributed by atoms with van der Waals surface area (Å²) in [6.07, 6.45) is -0.887. The first kappa shape index (κ1) is 19.8. The first-order valence-electron chi connectivity index (χ1n) is 7.22. The second kappa shape index (κ2) is 9.77. The first-order chi connectivity index (χ1) is 10.8. The Labute approximate surface area is 145 Å². The molecule has 0 aromatic heterocycles. The van der Waals surface area contributed by atoms with Crippen LogP contribution in [0.5, 0.6) is 0 Å². The van der Waals surface area contributed by atoms with Gasteiger partial charge in [-0.1, -0.05) is 31.5 Å². The molecule has 23 heavy (non-hydrogen) atoms. The van der Waals surface area contributed by atoms with Gasteiger partial charge >= 0.3 is 0 Å². The highest BCUT2D eigenvalue weighted by molar-refractivity contribution is 7.99. The number of hydrogen-bond donors (Lipinski definition) is 4. The molecule has 0 saturated heterocycles. The first-order valence-corrected chi connectivity index (χ1v) is 8.65. The van der Waals surface area contributed by atoms with E-state index < -0.39 is 24.0 Å². The van der Waals surface area contributed by atoms with E-state index in [9.17, 15) is 14.7 Å². The standard InChI is InChI=1S/C15H22ClN3O3S/c1-9(2)23-7-6-12(17)13(20)15(22)19-18-14(21)10-4-3-5-11(16)8-10/h3-5,8-9,12-13,20H,6-7,17H2,1-2H3,(H,18,21)(H,19,22). The molecule has 0 aliphatic heterocycles. The lowest BCUT2D eigenvalue weighted by atomic mass is 10.1. The molecule has 0 bridgehead atoms. The quantitative estimate of drug-likeness (QED) is 0.550. The van der Waals surface area contributed by atoms with Gasteiger partial charge in [-0.25, -0.2) is 0 Å². The lowest BCUT2D eigenvalue weighted by Gasteiger charge is -2.18. The van der Waals surface area contributed by atoms with E-state index in [0.717, 1.165) is 5.75 Å². The average Bonchev–Trinajstić information content (AvgIpc) is 2.50. The Morgan fingerprint density at radius 3 is 2.65 bits per heavy atom. The van der Waals surface area contributed by atoms with Gasteiger partial charge in [0.15, 0.2) is 0 Å². The lowest BCUT2D eigenvalue weighted by molar-refractivity contribution is -0.131. The van der Waals surface area contributed by atoms with E-state index in [4.69, 9.17) is 17.3 Å². The van der Waals surface area contributed by atoms with Crippen molar-refractivity contribution in [2.75, 3.05) is 5.75 Å². The molecule has 0 radical (unpaired) electrons. The summed E-state index contributed by atoms with van der Waals surface area (Å²) in [6, 6.07) is 5.59. The number of halogens is 1. The summed E-state index contributed by atoms with van der Waals surface area (Å²) in [5.41, 5.74) is 10.5. The van der Waals surface area contributed by atoms with Crippen LogP contribution in [0.2, 0.25) is 5.02 Å². The van der Waals surface area contributed by atoms with Crippen molar-refractivity contribution in [2.45, 2.75) is 37.7 Å². The minimum Gasteiger partial charge on any atom is -0.382 e. The molecular weight excluding hydrogens is 338 g/mol. The van der Waals surface area contributed by atoms with Crippen molar-refractivity contribution in [2.24, 2.45) is 5.73 Å². The fraction of sp³-hybridized carbons (Fsp3) is 0.467.